The van der Waals surface area contributed by atoms with Crippen LogP contribution in [0.1, 0.15) is 21.7 Å². The number of Topliss-reactive ketones (excluding diaryl/α,β-unsaturated/α-hetero) is 1. The summed E-state index contributed by atoms with van der Waals surface area (Å²) in [5.41, 5.74) is 2.55. The molecule has 0 spiro atoms. The molecule has 0 radical (unpaired) electrons. The van der Waals surface area contributed by atoms with Crippen LogP contribution < -0.4 is 21.5 Å². The van der Waals surface area contributed by atoms with E-state index in [2.05, 4.69) is 4.98 Å². The Balaban J connectivity index is 0.00000162. The van der Waals surface area contributed by atoms with Crippen molar-refractivity contribution in [2.75, 3.05) is 0 Å². The van der Waals surface area contributed by atoms with Crippen LogP contribution in [0.2, 0.25) is 0 Å². The van der Waals surface area contributed by atoms with Gasteiger partial charge in [0.2, 0.25) is 12.3 Å². The molecule has 0 bridgehead atoms. The molecule has 2 aromatic rings. The largest absolute Gasteiger partial charge is 1.00 e. The number of carbonyl (C=O) groups is 1. The van der Waals surface area contributed by atoms with Crippen molar-refractivity contribution in [3.63, 3.8) is 0 Å². The van der Waals surface area contributed by atoms with E-state index in [1.165, 1.54) is 0 Å². The van der Waals surface area contributed by atoms with E-state index in [1.54, 1.807) is 12.3 Å². The van der Waals surface area contributed by atoms with Gasteiger partial charge in [0.15, 0.2) is 11.9 Å². The molecular formula is C14H15BrN2O. The molecule has 0 atom stereocenters. The van der Waals surface area contributed by atoms with Crippen molar-refractivity contribution in [1.82, 2.24) is 4.98 Å². The van der Waals surface area contributed by atoms with Crippen LogP contribution in [0.25, 0.3) is 0 Å². The van der Waals surface area contributed by atoms with E-state index < -0.39 is 0 Å². The van der Waals surface area contributed by atoms with Crippen molar-refractivity contribution < 1.29 is 26.3 Å². The van der Waals surface area contributed by atoms with E-state index in [0.29, 0.717) is 12.1 Å². The molecule has 0 fully saturated rings. The van der Waals surface area contributed by atoms with Crippen molar-refractivity contribution in [3.05, 3.63) is 59.7 Å². The second kappa shape index (κ2) is 6.40. The summed E-state index contributed by atoms with van der Waals surface area (Å²) in [6.07, 6.45) is 3.62. The average Bonchev–Trinajstić information content (AvgIpc) is 2.32. The molecule has 2 aromatic heterocycles. The summed E-state index contributed by atoms with van der Waals surface area (Å²) >= 11 is 0. The van der Waals surface area contributed by atoms with Crippen LogP contribution in [0.3, 0.4) is 0 Å². The molecule has 2 rings (SSSR count). The summed E-state index contributed by atoms with van der Waals surface area (Å²) in [7, 11) is 0. The van der Waals surface area contributed by atoms with E-state index in [4.69, 9.17) is 0 Å². The highest BCUT2D eigenvalue weighted by molar-refractivity contribution is 5.95. The summed E-state index contributed by atoms with van der Waals surface area (Å²) in [6.45, 7) is 4.21. The Morgan fingerprint density at radius 2 is 2.00 bits per heavy atom. The molecule has 0 amide bonds. The Kier molecular flexibility index (Phi) is 5.16. The third-order valence-electron chi connectivity index (χ3n) is 2.79. The Bertz CT molecular complexity index is 555. The van der Waals surface area contributed by atoms with Gasteiger partial charge in [-0.3, -0.25) is 9.78 Å². The fraction of sp³-hybridized carbons (Fsp3) is 0.214. The van der Waals surface area contributed by atoms with Gasteiger partial charge in [-0.1, -0.05) is 6.07 Å². The summed E-state index contributed by atoms with van der Waals surface area (Å²) < 4.78 is 1.94. The average molecular weight is 307 g/mol. The first kappa shape index (κ1) is 14.5. The van der Waals surface area contributed by atoms with Crippen LogP contribution in [0, 0.1) is 13.8 Å². The first-order chi connectivity index (χ1) is 8.18. The van der Waals surface area contributed by atoms with Crippen molar-refractivity contribution in [1.29, 1.82) is 0 Å². The molecule has 0 aliphatic rings. The Morgan fingerprint density at radius 3 is 2.67 bits per heavy atom. The lowest BCUT2D eigenvalue weighted by atomic mass is 10.1. The number of nitrogens with zero attached hydrogens (tertiary/aromatic N) is 2. The van der Waals surface area contributed by atoms with Gasteiger partial charge >= 0.3 is 0 Å². The van der Waals surface area contributed by atoms with Crippen molar-refractivity contribution in [2.45, 2.75) is 20.4 Å². The lowest BCUT2D eigenvalue weighted by Gasteiger charge is -2.02. The van der Waals surface area contributed by atoms with Crippen molar-refractivity contribution in [2.24, 2.45) is 0 Å². The van der Waals surface area contributed by atoms with Gasteiger partial charge in [0.1, 0.15) is 0 Å². The predicted octanol–water partition coefficient (Wildman–Crippen LogP) is -1.13. The molecule has 0 saturated carbocycles. The Labute approximate surface area is 117 Å². The van der Waals surface area contributed by atoms with Gasteiger partial charge in [-0.25, -0.2) is 0 Å². The maximum Gasteiger partial charge on any atom is 0.229 e. The zero-order valence-electron chi connectivity index (χ0n) is 10.4. The van der Waals surface area contributed by atoms with Gasteiger partial charge in [-0.2, -0.15) is 4.57 Å². The third kappa shape index (κ3) is 3.23. The maximum atomic E-state index is 12.1. The first-order valence-corrected chi connectivity index (χ1v) is 5.58. The molecule has 4 heteroatoms. The Hall–Kier alpha value is -1.55. The number of pyridine rings is 2. The molecule has 0 unspecified atom stereocenters. The van der Waals surface area contributed by atoms with Crippen molar-refractivity contribution in [3.8, 4) is 0 Å². The molecule has 94 valence electrons. The summed E-state index contributed by atoms with van der Waals surface area (Å²) in [5, 5.41) is 0. The quantitative estimate of drug-likeness (QED) is 0.531. The van der Waals surface area contributed by atoms with Gasteiger partial charge in [0.25, 0.3) is 0 Å². The van der Waals surface area contributed by atoms with E-state index in [9.17, 15) is 4.79 Å². The van der Waals surface area contributed by atoms with Gasteiger partial charge in [0, 0.05) is 36.5 Å². The van der Waals surface area contributed by atoms with Crippen LogP contribution in [-0.4, -0.2) is 10.8 Å². The van der Waals surface area contributed by atoms with E-state index in [1.807, 2.05) is 48.9 Å². The lowest BCUT2D eigenvalue weighted by Crippen LogP contribution is -3.00. The van der Waals surface area contributed by atoms with Crippen LogP contribution in [0.5, 0.6) is 0 Å². The summed E-state index contributed by atoms with van der Waals surface area (Å²) in [4.78, 5) is 16.3. The minimum absolute atomic E-state index is 0. The molecule has 0 saturated heterocycles. The van der Waals surface area contributed by atoms with E-state index >= 15 is 0 Å². The minimum atomic E-state index is 0. The number of aromatic nitrogens is 2. The minimum Gasteiger partial charge on any atom is -1.00 e. The smallest absolute Gasteiger partial charge is 0.229 e. The monoisotopic (exact) mass is 306 g/mol. The highest BCUT2D eigenvalue weighted by atomic mass is 79.9. The highest BCUT2D eigenvalue weighted by Gasteiger charge is 2.15. The highest BCUT2D eigenvalue weighted by Crippen LogP contribution is 2.04. The van der Waals surface area contributed by atoms with Crippen LogP contribution in [0.15, 0.2) is 42.7 Å². The van der Waals surface area contributed by atoms with Gasteiger partial charge in [0.05, 0.1) is 0 Å². The standard InChI is InChI=1S/C14H15N2O.BrH/c1-11-6-3-4-9-16(11)10-14(17)13-7-5-8-15-12(13)2;/h3-9H,10H2,1-2H3;1H/q+1;/p-1. The number of rotatable bonds is 3. The second-order valence-corrected chi connectivity index (χ2v) is 4.03. The molecule has 2 heterocycles. The third-order valence-corrected chi connectivity index (χ3v) is 2.79. The van der Waals surface area contributed by atoms with E-state index in [-0.39, 0.29) is 22.8 Å². The zero-order chi connectivity index (χ0) is 12.3. The summed E-state index contributed by atoms with van der Waals surface area (Å²) in [5.74, 6) is 0.0925. The van der Waals surface area contributed by atoms with E-state index in [0.717, 1.165) is 11.4 Å². The lowest BCUT2D eigenvalue weighted by molar-refractivity contribution is -0.689. The number of halogens is 1. The van der Waals surface area contributed by atoms with Crippen LogP contribution >= 0.6 is 0 Å². The van der Waals surface area contributed by atoms with Gasteiger partial charge < -0.3 is 17.0 Å². The molecule has 3 nitrogen and oxygen atoms in total. The molecule has 18 heavy (non-hydrogen) atoms. The van der Waals surface area contributed by atoms with Gasteiger partial charge in [-0.15, -0.1) is 0 Å². The number of hydrogen-bond acceptors (Lipinski definition) is 2. The van der Waals surface area contributed by atoms with Gasteiger partial charge in [-0.05, 0) is 19.1 Å². The Morgan fingerprint density at radius 1 is 1.22 bits per heavy atom. The molecule has 0 aromatic carbocycles. The number of ketones is 1. The number of carbonyl (C=O) groups excluding carboxylic acids is 1. The van der Waals surface area contributed by atoms with Crippen LogP contribution in [-0.2, 0) is 6.54 Å². The maximum absolute atomic E-state index is 12.1. The normalized spacial score (nSPS) is 9.67. The molecule has 0 aliphatic heterocycles. The molecule has 0 N–H and O–H groups in total. The topological polar surface area (TPSA) is 33.8 Å². The molecular weight excluding hydrogens is 292 g/mol. The van der Waals surface area contributed by atoms with Crippen LogP contribution in [0.4, 0.5) is 0 Å². The predicted molar refractivity (Wildman–Crippen MR) is 64.7 cm³/mol. The number of aryl methyl sites for hydroxylation is 2. The zero-order valence-corrected chi connectivity index (χ0v) is 12.0. The summed E-state index contributed by atoms with van der Waals surface area (Å²) in [6, 6.07) is 9.50. The molecule has 0 aliphatic carbocycles. The fourth-order valence-corrected chi connectivity index (χ4v) is 1.76. The number of hydrogen-bond donors (Lipinski definition) is 0. The SMILES string of the molecule is Cc1ncccc1C(=O)C[n+]1ccccc1C.[Br-]. The first-order valence-electron chi connectivity index (χ1n) is 5.58. The second-order valence-electron chi connectivity index (χ2n) is 4.03. The van der Waals surface area contributed by atoms with Crippen molar-refractivity contribution >= 4 is 5.78 Å². The fourth-order valence-electron chi connectivity index (χ4n) is 1.76.